The molecule has 1 fully saturated rings. The summed E-state index contributed by atoms with van der Waals surface area (Å²) in [5.74, 6) is -0.514. The minimum atomic E-state index is -0.644. The molecule has 0 amide bonds. The van der Waals surface area contributed by atoms with Crippen LogP contribution in [0.15, 0.2) is 54.6 Å². The van der Waals surface area contributed by atoms with Crippen molar-refractivity contribution in [1.82, 2.24) is 4.90 Å². The zero-order valence-electron chi connectivity index (χ0n) is 12.1. The minimum Gasteiger partial charge on any atom is -0.292 e. The molecule has 0 N–H and O–H groups in total. The number of nitro groups is 1. The molecule has 0 radical (unpaired) electrons. The molecular weight excluding hydrogens is 283 g/mol. The molecule has 1 saturated heterocycles. The van der Waals surface area contributed by atoms with Gasteiger partial charge >= 0.3 is 0 Å². The predicted molar refractivity (Wildman–Crippen MR) is 81.6 cm³/mol. The number of nitrogens with zero attached hydrogens (tertiary/aromatic N) is 2. The molecule has 2 aromatic rings. The van der Waals surface area contributed by atoms with Gasteiger partial charge in [0.1, 0.15) is 5.82 Å². The second-order valence-electron chi connectivity index (χ2n) is 5.69. The van der Waals surface area contributed by atoms with Gasteiger partial charge in [0, 0.05) is 18.0 Å². The van der Waals surface area contributed by atoms with Crippen LogP contribution in [-0.4, -0.2) is 29.0 Å². The van der Waals surface area contributed by atoms with E-state index in [4.69, 9.17) is 0 Å². The van der Waals surface area contributed by atoms with Gasteiger partial charge in [-0.1, -0.05) is 42.5 Å². The molecule has 0 saturated carbocycles. The zero-order chi connectivity index (χ0) is 15.5. The van der Waals surface area contributed by atoms with E-state index in [1.807, 2.05) is 30.3 Å². The smallest absolute Gasteiger partial charge is 0.233 e. The highest BCUT2D eigenvalue weighted by Gasteiger charge is 2.41. The Bertz CT molecular complexity index is 645. The summed E-state index contributed by atoms with van der Waals surface area (Å²) < 4.78 is 13.0. The minimum absolute atomic E-state index is 0.195. The van der Waals surface area contributed by atoms with E-state index in [0.29, 0.717) is 19.6 Å². The lowest BCUT2D eigenvalue weighted by Gasteiger charge is -2.15. The SMILES string of the molecule is O=[N+]([O-])[C@@H]1CN(Cc2ccccc2)C[C@H]1c1ccc(F)cc1. The molecule has 1 aliphatic heterocycles. The third-order valence-corrected chi connectivity index (χ3v) is 4.18. The van der Waals surface area contributed by atoms with Crippen molar-refractivity contribution in [3.63, 3.8) is 0 Å². The van der Waals surface area contributed by atoms with Gasteiger partial charge in [-0.25, -0.2) is 4.39 Å². The zero-order valence-corrected chi connectivity index (χ0v) is 12.1. The van der Waals surface area contributed by atoms with Gasteiger partial charge in [0.05, 0.1) is 12.5 Å². The molecule has 2 atom stereocenters. The summed E-state index contributed by atoms with van der Waals surface area (Å²) in [6.45, 7) is 1.74. The van der Waals surface area contributed by atoms with Gasteiger partial charge < -0.3 is 0 Å². The molecule has 114 valence electrons. The Morgan fingerprint density at radius 3 is 2.41 bits per heavy atom. The lowest BCUT2D eigenvalue weighted by molar-refractivity contribution is -0.521. The van der Waals surface area contributed by atoms with Crippen LogP contribution in [-0.2, 0) is 6.54 Å². The van der Waals surface area contributed by atoms with Gasteiger partial charge in [0.15, 0.2) is 0 Å². The number of rotatable bonds is 4. The van der Waals surface area contributed by atoms with Crippen LogP contribution >= 0.6 is 0 Å². The number of hydrogen-bond acceptors (Lipinski definition) is 3. The summed E-state index contributed by atoms with van der Waals surface area (Å²) in [6.07, 6.45) is 0. The highest BCUT2D eigenvalue weighted by atomic mass is 19.1. The van der Waals surface area contributed by atoms with Crippen molar-refractivity contribution in [2.24, 2.45) is 0 Å². The van der Waals surface area contributed by atoms with E-state index in [1.54, 1.807) is 12.1 Å². The first-order valence-electron chi connectivity index (χ1n) is 7.29. The second-order valence-corrected chi connectivity index (χ2v) is 5.69. The number of halogens is 1. The van der Waals surface area contributed by atoms with Crippen molar-refractivity contribution in [3.8, 4) is 0 Å². The molecular formula is C17H17FN2O2. The molecule has 3 rings (SSSR count). The van der Waals surface area contributed by atoms with E-state index >= 15 is 0 Å². The van der Waals surface area contributed by atoms with Gasteiger partial charge in [0.25, 0.3) is 0 Å². The van der Waals surface area contributed by atoms with Crippen LogP contribution in [0.5, 0.6) is 0 Å². The van der Waals surface area contributed by atoms with Gasteiger partial charge in [-0.2, -0.15) is 0 Å². The monoisotopic (exact) mass is 300 g/mol. The third-order valence-electron chi connectivity index (χ3n) is 4.18. The Morgan fingerprint density at radius 2 is 1.77 bits per heavy atom. The lowest BCUT2D eigenvalue weighted by atomic mass is 9.95. The van der Waals surface area contributed by atoms with Gasteiger partial charge in [0.2, 0.25) is 6.04 Å². The van der Waals surface area contributed by atoms with Gasteiger partial charge in [-0.05, 0) is 23.3 Å². The molecule has 1 aliphatic rings. The summed E-state index contributed by atoms with van der Waals surface area (Å²) in [6, 6.07) is 15.3. The Morgan fingerprint density at radius 1 is 1.09 bits per heavy atom. The molecule has 2 aromatic carbocycles. The van der Waals surface area contributed by atoms with Crippen molar-refractivity contribution in [2.75, 3.05) is 13.1 Å². The third kappa shape index (κ3) is 3.14. The molecule has 22 heavy (non-hydrogen) atoms. The fraction of sp³-hybridized carbons (Fsp3) is 0.294. The van der Waals surface area contributed by atoms with E-state index in [1.165, 1.54) is 12.1 Å². The lowest BCUT2D eigenvalue weighted by Crippen LogP contribution is -2.28. The van der Waals surface area contributed by atoms with Crippen LogP contribution in [0.4, 0.5) is 4.39 Å². The first kappa shape index (κ1) is 14.7. The fourth-order valence-corrected chi connectivity index (χ4v) is 3.09. The summed E-state index contributed by atoms with van der Waals surface area (Å²) in [5, 5.41) is 11.4. The predicted octanol–water partition coefficient (Wildman–Crippen LogP) is 3.07. The van der Waals surface area contributed by atoms with Gasteiger partial charge in [-0.15, -0.1) is 0 Å². The molecule has 1 heterocycles. The van der Waals surface area contributed by atoms with Crippen molar-refractivity contribution >= 4 is 0 Å². The highest BCUT2D eigenvalue weighted by Crippen LogP contribution is 2.30. The maximum atomic E-state index is 13.0. The number of benzene rings is 2. The van der Waals surface area contributed by atoms with E-state index in [2.05, 4.69) is 4.90 Å². The van der Waals surface area contributed by atoms with Crippen LogP contribution < -0.4 is 0 Å². The Kier molecular flexibility index (Phi) is 4.15. The average molecular weight is 300 g/mol. The van der Waals surface area contributed by atoms with E-state index in [-0.39, 0.29) is 16.7 Å². The quantitative estimate of drug-likeness (QED) is 0.644. The van der Waals surface area contributed by atoms with Crippen molar-refractivity contribution in [3.05, 3.63) is 81.7 Å². The summed E-state index contributed by atoms with van der Waals surface area (Å²) in [7, 11) is 0. The molecule has 0 bridgehead atoms. The summed E-state index contributed by atoms with van der Waals surface area (Å²) >= 11 is 0. The Labute approximate surface area is 128 Å². The van der Waals surface area contributed by atoms with Crippen LogP contribution in [0.1, 0.15) is 17.0 Å². The first-order valence-corrected chi connectivity index (χ1v) is 7.29. The van der Waals surface area contributed by atoms with Crippen molar-refractivity contribution in [1.29, 1.82) is 0 Å². The Balaban J connectivity index is 1.77. The fourth-order valence-electron chi connectivity index (χ4n) is 3.09. The molecule has 4 nitrogen and oxygen atoms in total. The Hall–Kier alpha value is -2.27. The van der Waals surface area contributed by atoms with Crippen LogP contribution in [0.3, 0.4) is 0 Å². The molecule has 5 heteroatoms. The number of likely N-dealkylation sites (tertiary alicyclic amines) is 1. The second kappa shape index (κ2) is 6.23. The van der Waals surface area contributed by atoms with Crippen LogP contribution in [0.2, 0.25) is 0 Å². The van der Waals surface area contributed by atoms with Crippen molar-refractivity contribution < 1.29 is 9.31 Å². The van der Waals surface area contributed by atoms with Crippen LogP contribution in [0, 0.1) is 15.9 Å². The molecule has 0 unspecified atom stereocenters. The first-order chi connectivity index (χ1) is 10.6. The summed E-state index contributed by atoms with van der Waals surface area (Å²) in [4.78, 5) is 13.2. The number of hydrogen-bond donors (Lipinski definition) is 0. The van der Waals surface area contributed by atoms with Gasteiger partial charge in [-0.3, -0.25) is 15.0 Å². The molecule has 0 aromatic heterocycles. The maximum Gasteiger partial charge on any atom is 0.233 e. The van der Waals surface area contributed by atoms with Crippen molar-refractivity contribution in [2.45, 2.75) is 18.5 Å². The maximum absolute atomic E-state index is 13.0. The largest absolute Gasteiger partial charge is 0.292 e. The van der Waals surface area contributed by atoms with E-state index in [9.17, 15) is 14.5 Å². The molecule has 0 spiro atoms. The highest BCUT2D eigenvalue weighted by molar-refractivity contribution is 5.24. The normalized spacial score (nSPS) is 21.9. The summed E-state index contributed by atoms with van der Waals surface area (Å²) in [5.41, 5.74) is 1.98. The molecule has 0 aliphatic carbocycles. The van der Waals surface area contributed by atoms with E-state index in [0.717, 1.165) is 11.1 Å². The van der Waals surface area contributed by atoms with Crippen LogP contribution in [0.25, 0.3) is 0 Å². The van der Waals surface area contributed by atoms with E-state index < -0.39 is 6.04 Å². The average Bonchev–Trinajstić information content (AvgIpc) is 2.93. The topological polar surface area (TPSA) is 46.4 Å². The standard InChI is InChI=1S/C17H17FN2O2/c18-15-8-6-14(7-9-15)16-11-19(12-17(16)20(21)22)10-13-4-2-1-3-5-13/h1-9,16-17H,10-12H2/t16-,17+/m0/s1.